The molecule has 1 aromatic carbocycles. The van der Waals surface area contributed by atoms with Crippen LogP contribution in [0.25, 0.3) is 0 Å². The Morgan fingerprint density at radius 2 is 2.25 bits per heavy atom. The van der Waals surface area contributed by atoms with Gasteiger partial charge in [0.15, 0.2) is 0 Å². The monoisotopic (exact) mass is 261 g/mol. The van der Waals surface area contributed by atoms with Crippen molar-refractivity contribution in [3.63, 3.8) is 0 Å². The zero-order chi connectivity index (χ0) is 12.0. The molecule has 4 heteroatoms. The standard InChI is InChI=1S/C12H17ClFNS/c1-9(5-6-16-2)15-8-10-3-4-11(14)7-12(10)13/h3-4,7,9,15H,5-6,8H2,1-2H3. The summed E-state index contributed by atoms with van der Waals surface area (Å²) in [6.45, 7) is 2.84. The first-order chi connectivity index (χ1) is 7.63. The van der Waals surface area contributed by atoms with E-state index in [1.807, 2.05) is 11.8 Å². The van der Waals surface area contributed by atoms with Gasteiger partial charge in [0.1, 0.15) is 5.82 Å². The van der Waals surface area contributed by atoms with E-state index in [-0.39, 0.29) is 5.82 Å². The van der Waals surface area contributed by atoms with Crippen molar-refractivity contribution in [3.8, 4) is 0 Å². The van der Waals surface area contributed by atoms with Gasteiger partial charge in [0.2, 0.25) is 0 Å². The maximum absolute atomic E-state index is 12.8. The van der Waals surface area contributed by atoms with Crippen molar-refractivity contribution in [1.29, 1.82) is 0 Å². The SMILES string of the molecule is CSCCC(C)NCc1ccc(F)cc1Cl. The van der Waals surface area contributed by atoms with Gasteiger partial charge in [0.25, 0.3) is 0 Å². The lowest BCUT2D eigenvalue weighted by molar-refractivity contribution is 0.537. The highest BCUT2D eigenvalue weighted by Crippen LogP contribution is 2.17. The molecule has 0 aliphatic carbocycles. The number of nitrogens with one attached hydrogen (secondary N) is 1. The van der Waals surface area contributed by atoms with Crippen molar-refractivity contribution in [3.05, 3.63) is 34.6 Å². The molecule has 1 atom stereocenters. The van der Waals surface area contributed by atoms with Gasteiger partial charge in [0.05, 0.1) is 0 Å². The number of benzene rings is 1. The molecule has 1 N–H and O–H groups in total. The van der Waals surface area contributed by atoms with E-state index >= 15 is 0 Å². The van der Waals surface area contributed by atoms with Crippen LogP contribution in [-0.4, -0.2) is 18.1 Å². The molecule has 0 saturated heterocycles. The fourth-order valence-electron chi connectivity index (χ4n) is 1.35. The fourth-order valence-corrected chi connectivity index (χ4v) is 2.17. The van der Waals surface area contributed by atoms with E-state index in [0.29, 0.717) is 17.6 Å². The van der Waals surface area contributed by atoms with Gasteiger partial charge in [-0.3, -0.25) is 0 Å². The lowest BCUT2D eigenvalue weighted by Crippen LogP contribution is -2.26. The molecular weight excluding hydrogens is 245 g/mol. The van der Waals surface area contributed by atoms with Crippen LogP contribution in [0.2, 0.25) is 5.02 Å². The Balaban J connectivity index is 2.42. The minimum atomic E-state index is -0.288. The summed E-state index contributed by atoms with van der Waals surface area (Å²) in [4.78, 5) is 0. The second kappa shape index (κ2) is 7.15. The third-order valence-electron chi connectivity index (χ3n) is 2.41. The third-order valence-corrected chi connectivity index (χ3v) is 3.41. The van der Waals surface area contributed by atoms with Gasteiger partial charge in [-0.05, 0) is 43.0 Å². The van der Waals surface area contributed by atoms with E-state index in [2.05, 4.69) is 18.5 Å². The Morgan fingerprint density at radius 1 is 1.50 bits per heavy atom. The highest BCUT2D eigenvalue weighted by molar-refractivity contribution is 7.98. The highest BCUT2D eigenvalue weighted by atomic mass is 35.5. The van der Waals surface area contributed by atoms with Crippen molar-refractivity contribution in [2.24, 2.45) is 0 Å². The molecule has 0 saturated carbocycles. The van der Waals surface area contributed by atoms with Crippen LogP contribution in [0.1, 0.15) is 18.9 Å². The fraction of sp³-hybridized carbons (Fsp3) is 0.500. The van der Waals surface area contributed by atoms with Crippen molar-refractivity contribution in [2.75, 3.05) is 12.0 Å². The molecule has 0 radical (unpaired) electrons. The average Bonchev–Trinajstić information content (AvgIpc) is 2.25. The topological polar surface area (TPSA) is 12.0 Å². The molecule has 0 aliphatic heterocycles. The molecule has 0 aromatic heterocycles. The minimum absolute atomic E-state index is 0.288. The Kier molecular flexibility index (Phi) is 6.17. The molecule has 1 unspecified atom stereocenters. The summed E-state index contributed by atoms with van der Waals surface area (Å²) in [5, 5.41) is 3.86. The first-order valence-electron chi connectivity index (χ1n) is 5.29. The van der Waals surface area contributed by atoms with Crippen LogP contribution in [0.4, 0.5) is 4.39 Å². The first-order valence-corrected chi connectivity index (χ1v) is 7.07. The van der Waals surface area contributed by atoms with Crippen LogP contribution in [0, 0.1) is 5.82 Å². The average molecular weight is 262 g/mol. The summed E-state index contributed by atoms with van der Waals surface area (Å²) < 4.78 is 12.8. The predicted molar refractivity (Wildman–Crippen MR) is 70.7 cm³/mol. The van der Waals surface area contributed by atoms with Crippen LogP contribution in [0.15, 0.2) is 18.2 Å². The van der Waals surface area contributed by atoms with Crippen molar-refractivity contribution >= 4 is 23.4 Å². The van der Waals surface area contributed by atoms with Gasteiger partial charge in [-0.2, -0.15) is 11.8 Å². The molecule has 90 valence electrons. The lowest BCUT2D eigenvalue weighted by atomic mass is 10.2. The highest BCUT2D eigenvalue weighted by Gasteiger charge is 2.04. The van der Waals surface area contributed by atoms with E-state index in [1.54, 1.807) is 6.07 Å². The zero-order valence-corrected chi connectivity index (χ0v) is 11.2. The molecule has 1 rings (SSSR count). The van der Waals surface area contributed by atoms with Gasteiger partial charge in [0, 0.05) is 17.6 Å². The molecule has 0 fully saturated rings. The van der Waals surface area contributed by atoms with E-state index < -0.39 is 0 Å². The van der Waals surface area contributed by atoms with Gasteiger partial charge in [-0.25, -0.2) is 4.39 Å². The summed E-state index contributed by atoms with van der Waals surface area (Å²) in [5.41, 5.74) is 0.944. The number of hydrogen-bond acceptors (Lipinski definition) is 2. The summed E-state index contributed by atoms with van der Waals surface area (Å²) in [7, 11) is 0. The first kappa shape index (κ1) is 13.8. The number of halogens is 2. The van der Waals surface area contributed by atoms with Crippen LogP contribution < -0.4 is 5.32 Å². The Labute approximate surface area is 106 Å². The molecule has 0 aliphatic rings. The van der Waals surface area contributed by atoms with E-state index in [1.165, 1.54) is 12.1 Å². The van der Waals surface area contributed by atoms with E-state index in [0.717, 1.165) is 17.7 Å². The van der Waals surface area contributed by atoms with Gasteiger partial charge in [-0.15, -0.1) is 0 Å². The van der Waals surface area contributed by atoms with Crippen LogP contribution in [-0.2, 0) is 6.54 Å². The second-order valence-electron chi connectivity index (χ2n) is 3.80. The molecule has 0 bridgehead atoms. The molecule has 0 spiro atoms. The van der Waals surface area contributed by atoms with Gasteiger partial charge < -0.3 is 5.32 Å². The second-order valence-corrected chi connectivity index (χ2v) is 5.19. The molecule has 1 nitrogen and oxygen atoms in total. The lowest BCUT2D eigenvalue weighted by Gasteiger charge is -2.13. The normalized spacial score (nSPS) is 12.8. The molecule has 1 aromatic rings. The molecule has 16 heavy (non-hydrogen) atoms. The smallest absolute Gasteiger partial charge is 0.124 e. The molecular formula is C12H17ClFNS. The van der Waals surface area contributed by atoms with E-state index in [9.17, 15) is 4.39 Å². The number of hydrogen-bond donors (Lipinski definition) is 1. The summed E-state index contributed by atoms with van der Waals surface area (Å²) in [6, 6.07) is 4.97. The van der Waals surface area contributed by atoms with Crippen LogP contribution in [0.5, 0.6) is 0 Å². The van der Waals surface area contributed by atoms with Crippen molar-refractivity contribution < 1.29 is 4.39 Å². The largest absolute Gasteiger partial charge is 0.310 e. The summed E-state index contributed by atoms with van der Waals surface area (Å²) >= 11 is 7.77. The summed E-state index contributed by atoms with van der Waals surface area (Å²) in [6.07, 6.45) is 3.23. The van der Waals surface area contributed by atoms with Crippen LogP contribution >= 0.6 is 23.4 Å². The quantitative estimate of drug-likeness (QED) is 0.838. The zero-order valence-electron chi connectivity index (χ0n) is 9.59. The maximum atomic E-state index is 12.8. The number of thioether (sulfide) groups is 1. The Morgan fingerprint density at radius 3 is 2.88 bits per heavy atom. The van der Waals surface area contributed by atoms with E-state index in [4.69, 9.17) is 11.6 Å². The molecule has 0 heterocycles. The Hall–Kier alpha value is -0.250. The van der Waals surface area contributed by atoms with Gasteiger partial charge in [-0.1, -0.05) is 17.7 Å². The maximum Gasteiger partial charge on any atom is 0.124 e. The van der Waals surface area contributed by atoms with Gasteiger partial charge >= 0.3 is 0 Å². The number of rotatable bonds is 6. The third kappa shape index (κ3) is 4.73. The van der Waals surface area contributed by atoms with Crippen molar-refractivity contribution in [1.82, 2.24) is 5.32 Å². The summed E-state index contributed by atoms with van der Waals surface area (Å²) in [5.74, 6) is 0.856. The predicted octanol–water partition coefficient (Wildman–Crippen LogP) is 3.71. The van der Waals surface area contributed by atoms with Crippen LogP contribution in [0.3, 0.4) is 0 Å². The minimum Gasteiger partial charge on any atom is -0.310 e. The molecule has 0 amide bonds. The van der Waals surface area contributed by atoms with Crippen molar-refractivity contribution in [2.45, 2.75) is 25.9 Å². The Bertz CT molecular complexity index is 333.